The molecule has 0 heterocycles. The summed E-state index contributed by atoms with van der Waals surface area (Å²) in [6.07, 6.45) is 2.58. The predicted octanol–water partition coefficient (Wildman–Crippen LogP) is 1.14. The van der Waals surface area contributed by atoms with Gasteiger partial charge in [0.2, 0.25) is 0 Å². The van der Waals surface area contributed by atoms with Gasteiger partial charge in [-0.05, 0) is 13.8 Å². The first-order valence-corrected chi connectivity index (χ1v) is 5.28. The van der Waals surface area contributed by atoms with Gasteiger partial charge in [-0.2, -0.15) is 0 Å². The maximum absolute atomic E-state index is 8.62. The lowest BCUT2D eigenvalue weighted by Gasteiger charge is -2.01. The van der Waals surface area contributed by atoms with Gasteiger partial charge in [-0.1, -0.05) is 12.2 Å². The first kappa shape index (κ1) is 17.7. The van der Waals surface area contributed by atoms with Crippen LogP contribution in [0.25, 0.3) is 0 Å². The van der Waals surface area contributed by atoms with Crippen molar-refractivity contribution in [3.63, 3.8) is 0 Å². The fourth-order valence-electron chi connectivity index (χ4n) is 0.644. The molecule has 2 unspecified atom stereocenters. The van der Waals surface area contributed by atoms with Crippen LogP contribution in [0, 0.1) is 0 Å². The third-order valence-electron chi connectivity index (χ3n) is 1.19. The summed E-state index contributed by atoms with van der Waals surface area (Å²) >= 11 is 0. The minimum atomic E-state index is -0.366. The zero-order valence-corrected chi connectivity index (χ0v) is 10.3. The standard InChI is InChI=1S/2C6H12O2/c2*1-3-4-8-5-6(2)7/h2*3,6-7H,1,4-5H2,2H3. The molecule has 0 aliphatic rings. The van der Waals surface area contributed by atoms with E-state index in [1.807, 2.05) is 0 Å². The van der Waals surface area contributed by atoms with Gasteiger partial charge in [-0.25, -0.2) is 0 Å². The van der Waals surface area contributed by atoms with Gasteiger partial charge in [0.15, 0.2) is 0 Å². The molecule has 0 bridgehead atoms. The summed E-state index contributed by atoms with van der Waals surface area (Å²) in [4.78, 5) is 0. The minimum absolute atomic E-state index is 0.366. The first-order valence-electron chi connectivity index (χ1n) is 5.28. The second-order valence-corrected chi connectivity index (χ2v) is 3.35. The van der Waals surface area contributed by atoms with Crippen LogP contribution < -0.4 is 0 Å². The minimum Gasteiger partial charge on any atom is -0.391 e. The van der Waals surface area contributed by atoms with Crippen LogP contribution in [0.3, 0.4) is 0 Å². The summed E-state index contributed by atoms with van der Waals surface area (Å²) in [7, 11) is 0. The Morgan fingerprint density at radius 2 is 1.25 bits per heavy atom. The van der Waals surface area contributed by atoms with Crippen molar-refractivity contribution in [2.75, 3.05) is 26.4 Å². The van der Waals surface area contributed by atoms with Gasteiger partial charge in [0, 0.05) is 0 Å². The Hall–Kier alpha value is -0.680. The predicted molar refractivity (Wildman–Crippen MR) is 65.4 cm³/mol. The molecule has 4 nitrogen and oxygen atoms in total. The Balaban J connectivity index is 0. The van der Waals surface area contributed by atoms with Crippen molar-refractivity contribution < 1.29 is 19.7 Å². The topological polar surface area (TPSA) is 58.9 Å². The highest BCUT2D eigenvalue weighted by molar-refractivity contribution is 4.64. The summed E-state index contributed by atoms with van der Waals surface area (Å²) in [5.41, 5.74) is 0. The number of ether oxygens (including phenoxy) is 2. The Morgan fingerprint density at radius 3 is 1.44 bits per heavy atom. The molecule has 0 spiro atoms. The second kappa shape index (κ2) is 14.3. The molecule has 0 saturated heterocycles. The fraction of sp³-hybridized carbons (Fsp3) is 0.667. The molecular formula is C12H24O4. The molecule has 0 aromatic carbocycles. The third kappa shape index (κ3) is 23.3. The zero-order chi connectivity index (χ0) is 12.8. The highest BCUT2D eigenvalue weighted by Crippen LogP contribution is 1.81. The van der Waals surface area contributed by atoms with Crippen LogP contribution in [0.1, 0.15) is 13.8 Å². The van der Waals surface area contributed by atoms with E-state index in [1.54, 1.807) is 26.0 Å². The maximum atomic E-state index is 8.62. The first-order chi connectivity index (χ1) is 7.54. The highest BCUT2D eigenvalue weighted by Gasteiger charge is 1.91. The number of hydrogen-bond acceptors (Lipinski definition) is 4. The summed E-state index contributed by atoms with van der Waals surface area (Å²) in [6.45, 7) is 12.1. The van der Waals surface area contributed by atoms with Crippen LogP contribution in [0.2, 0.25) is 0 Å². The lowest BCUT2D eigenvalue weighted by Crippen LogP contribution is -2.09. The number of hydrogen-bond donors (Lipinski definition) is 2. The molecule has 2 N–H and O–H groups in total. The van der Waals surface area contributed by atoms with Gasteiger partial charge in [0.1, 0.15) is 0 Å². The third-order valence-corrected chi connectivity index (χ3v) is 1.19. The highest BCUT2D eigenvalue weighted by atomic mass is 16.5. The smallest absolute Gasteiger partial charge is 0.0745 e. The van der Waals surface area contributed by atoms with Gasteiger partial charge < -0.3 is 19.7 Å². The average Bonchev–Trinajstić information content (AvgIpc) is 2.18. The van der Waals surface area contributed by atoms with Gasteiger partial charge in [-0.3, -0.25) is 0 Å². The number of aliphatic hydroxyl groups excluding tert-OH is 2. The largest absolute Gasteiger partial charge is 0.391 e. The molecule has 0 fully saturated rings. The molecule has 0 aliphatic carbocycles. The molecule has 0 aromatic rings. The summed E-state index contributed by atoms with van der Waals surface area (Å²) in [6, 6.07) is 0. The maximum Gasteiger partial charge on any atom is 0.0745 e. The lowest BCUT2D eigenvalue weighted by molar-refractivity contribution is 0.0599. The summed E-state index contributed by atoms with van der Waals surface area (Å²) in [5.74, 6) is 0. The molecule has 16 heavy (non-hydrogen) atoms. The van der Waals surface area contributed by atoms with Crippen LogP contribution in [0.5, 0.6) is 0 Å². The van der Waals surface area contributed by atoms with E-state index in [2.05, 4.69) is 13.2 Å². The van der Waals surface area contributed by atoms with E-state index in [1.165, 1.54) is 0 Å². The molecule has 0 amide bonds. The molecular weight excluding hydrogens is 208 g/mol. The van der Waals surface area contributed by atoms with E-state index >= 15 is 0 Å². The SMILES string of the molecule is C=CCOCC(C)O.C=CCOCC(C)O. The van der Waals surface area contributed by atoms with Gasteiger partial charge in [-0.15, -0.1) is 13.2 Å². The van der Waals surface area contributed by atoms with Crippen molar-refractivity contribution in [3.05, 3.63) is 25.3 Å². The Labute approximate surface area is 98.2 Å². The van der Waals surface area contributed by atoms with Crippen LogP contribution in [-0.4, -0.2) is 48.8 Å². The Morgan fingerprint density at radius 1 is 0.938 bits per heavy atom. The zero-order valence-electron chi connectivity index (χ0n) is 10.3. The Kier molecular flexibility index (Phi) is 15.8. The van der Waals surface area contributed by atoms with E-state index < -0.39 is 0 Å². The molecule has 96 valence electrons. The number of aliphatic hydroxyl groups is 2. The normalized spacial score (nSPS) is 13.2. The van der Waals surface area contributed by atoms with Gasteiger partial charge in [0.25, 0.3) is 0 Å². The fourth-order valence-corrected chi connectivity index (χ4v) is 0.644. The van der Waals surface area contributed by atoms with Crippen LogP contribution in [0.15, 0.2) is 25.3 Å². The van der Waals surface area contributed by atoms with Crippen molar-refractivity contribution >= 4 is 0 Å². The molecule has 0 aliphatic heterocycles. The van der Waals surface area contributed by atoms with Crippen LogP contribution in [-0.2, 0) is 9.47 Å². The molecule has 0 saturated carbocycles. The molecule has 0 rings (SSSR count). The number of rotatable bonds is 8. The summed E-state index contributed by atoms with van der Waals surface area (Å²) < 4.78 is 9.75. The Bertz CT molecular complexity index is 137. The lowest BCUT2D eigenvalue weighted by atomic mass is 10.4. The molecule has 4 heteroatoms. The molecule has 0 aromatic heterocycles. The van der Waals surface area contributed by atoms with Crippen molar-refractivity contribution in [2.45, 2.75) is 26.1 Å². The van der Waals surface area contributed by atoms with Crippen molar-refractivity contribution in [2.24, 2.45) is 0 Å². The summed E-state index contributed by atoms with van der Waals surface area (Å²) in [5, 5.41) is 17.2. The molecule has 0 radical (unpaired) electrons. The van der Waals surface area contributed by atoms with Gasteiger partial charge in [0.05, 0.1) is 38.6 Å². The van der Waals surface area contributed by atoms with Crippen molar-refractivity contribution in [3.8, 4) is 0 Å². The van der Waals surface area contributed by atoms with E-state index in [0.717, 1.165) is 0 Å². The van der Waals surface area contributed by atoms with Crippen molar-refractivity contribution in [1.82, 2.24) is 0 Å². The van der Waals surface area contributed by atoms with E-state index in [0.29, 0.717) is 26.4 Å². The van der Waals surface area contributed by atoms with E-state index in [4.69, 9.17) is 19.7 Å². The monoisotopic (exact) mass is 232 g/mol. The van der Waals surface area contributed by atoms with E-state index in [9.17, 15) is 0 Å². The van der Waals surface area contributed by atoms with E-state index in [-0.39, 0.29) is 12.2 Å². The second-order valence-electron chi connectivity index (χ2n) is 3.35. The van der Waals surface area contributed by atoms with Gasteiger partial charge >= 0.3 is 0 Å². The molecule has 2 atom stereocenters. The quantitative estimate of drug-likeness (QED) is 0.487. The average molecular weight is 232 g/mol. The van der Waals surface area contributed by atoms with Crippen LogP contribution >= 0.6 is 0 Å². The van der Waals surface area contributed by atoms with Crippen LogP contribution in [0.4, 0.5) is 0 Å². The van der Waals surface area contributed by atoms with Crippen molar-refractivity contribution in [1.29, 1.82) is 0 Å².